The van der Waals surface area contributed by atoms with Crippen molar-refractivity contribution >= 4 is 23.1 Å². The summed E-state index contributed by atoms with van der Waals surface area (Å²) in [6.45, 7) is 3.84. The maximum atomic E-state index is 13.2. The summed E-state index contributed by atoms with van der Waals surface area (Å²) in [5.41, 5.74) is 4.20. The first kappa shape index (κ1) is 23.2. The third kappa shape index (κ3) is 4.58. The first-order valence-corrected chi connectivity index (χ1v) is 11.6. The van der Waals surface area contributed by atoms with E-state index in [1.165, 1.54) is 0 Å². The van der Waals surface area contributed by atoms with Crippen molar-refractivity contribution < 1.29 is 19.1 Å². The number of carbonyl (C=O) groups is 2. The third-order valence-corrected chi connectivity index (χ3v) is 5.95. The molecule has 0 aromatic heterocycles. The molecule has 0 spiro atoms. The number of hydrogen-bond acceptors (Lipinski definition) is 4. The molecule has 3 aromatic carbocycles. The highest BCUT2D eigenvalue weighted by Crippen LogP contribution is 2.41. The van der Waals surface area contributed by atoms with E-state index >= 15 is 0 Å². The van der Waals surface area contributed by atoms with E-state index in [1.807, 2.05) is 60.7 Å². The van der Waals surface area contributed by atoms with Gasteiger partial charge in [-0.3, -0.25) is 9.59 Å². The minimum Gasteiger partial charge on any atom is -0.465 e. The van der Waals surface area contributed by atoms with E-state index in [2.05, 4.69) is 30.3 Å². The predicted molar refractivity (Wildman–Crippen MR) is 134 cm³/mol. The fourth-order valence-corrected chi connectivity index (χ4v) is 4.36. The molecule has 0 aliphatic heterocycles. The largest absolute Gasteiger partial charge is 0.465 e. The van der Waals surface area contributed by atoms with Gasteiger partial charge in [-0.2, -0.15) is 0 Å². The van der Waals surface area contributed by atoms with E-state index in [9.17, 15) is 9.59 Å². The van der Waals surface area contributed by atoms with Crippen LogP contribution in [-0.4, -0.2) is 25.2 Å². The highest BCUT2D eigenvalue weighted by molar-refractivity contribution is 6.06. The molecule has 0 N–H and O–H groups in total. The predicted octanol–water partition coefficient (Wildman–Crippen LogP) is 5.87. The zero-order valence-electron chi connectivity index (χ0n) is 19.5. The Morgan fingerprint density at radius 3 is 1.79 bits per heavy atom. The van der Waals surface area contributed by atoms with Crippen molar-refractivity contribution in [3.63, 3.8) is 0 Å². The highest BCUT2D eigenvalue weighted by Gasteiger charge is 2.49. The molecule has 0 heterocycles. The van der Waals surface area contributed by atoms with Crippen LogP contribution in [0.2, 0.25) is 0 Å². The van der Waals surface area contributed by atoms with E-state index in [0.29, 0.717) is 0 Å². The molecular weight excluding hydrogens is 424 g/mol. The van der Waals surface area contributed by atoms with Crippen LogP contribution in [0.3, 0.4) is 0 Å². The Bertz CT molecular complexity index is 1160. The number of esters is 2. The van der Waals surface area contributed by atoms with Gasteiger partial charge in [-0.15, -0.1) is 0 Å². The zero-order valence-corrected chi connectivity index (χ0v) is 19.5. The van der Waals surface area contributed by atoms with Crippen molar-refractivity contribution in [2.75, 3.05) is 13.2 Å². The average molecular weight is 453 g/mol. The van der Waals surface area contributed by atoms with Crippen molar-refractivity contribution in [3.05, 3.63) is 119 Å². The van der Waals surface area contributed by atoms with Gasteiger partial charge in [0.05, 0.1) is 13.2 Å². The second-order valence-corrected chi connectivity index (χ2v) is 8.14. The van der Waals surface area contributed by atoms with Crippen molar-refractivity contribution in [2.45, 2.75) is 20.3 Å². The molecular formula is C30H28O4. The molecule has 172 valence electrons. The summed E-state index contributed by atoms with van der Waals surface area (Å²) < 4.78 is 10.8. The monoisotopic (exact) mass is 452 g/mol. The molecule has 3 aromatic rings. The van der Waals surface area contributed by atoms with Gasteiger partial charge in [-0.05, 0) is 59.4 Å². The van der Waals surface area contributed by atoms with Gasteiger partial charge in [0.25, 0.3) is 0 Å². The number of fused-ring (bicyclic) bond motifs is 1. The van der Waals surface area contributed by atoms with Crippen LogP contribution in [0.4, 0.5) is 0 Å². The first-order chi connectivity index (χ1) is 16.6. The fraction of sp³-hybridized carbons (Fsp3) is 0.200. The molecule has 1 aliphatic rings. The van der Waals surface area contributed by atoms with E-state index in [-0.39, 0.29) is 19.6 Å². The van der Waals surface area contributed by atoms with Gasteiger partial charge in [0.15, 0.2) is 5.41 Å². The van der Waals surface area contributed by atoms with Crippen molar-refractivity contribution in [3.8, 4) is 0 Å². The lowest BCUT2D eigenvalue weighted by Gasteiger charge is -2.32. The topological polar surface area (TPSA) is 52.6 Å². The van der Waals surface area contributed by atoms with E-state index in [4.69, 9.17) is 9.47 Å². The Balaban J connectivity index is 1.97. The number of allylic oxidation sites excluding steroid dienone is 2. The summed E-state index contributed by atoms with van der Waals surface area (Å²) in [7, 11) is 0. The number of carbonyl (C=O) groups excluding carboxylic acids is 2. The van der Waals surface area contributed by atoms with Gasteiger partial charge in [0.1, 0.15) is 0 Å². The molecule has 1 aliphatic carbocycles. The van der Waals surface area contributed by atoms with Crippen molar-refractivity contribution in [2.24, 2.45) is 5.41 Å². The van der Waals surface area contributed by atoms with Gasteiger partial charge in [0.2, 0.25) is 0 Å². The second kappa shape index (κ2) is 10.3. The summed E-state index contributed by atoms with van der Waals surface area (Å²) >= 11 is 0. The average Bonchev–Trinajstić information content (AvgIpc) is 2.88. The zero-order chi connectivity index (χ0) is 24.0. The molecule has 0 saturated carbocycles. The Morgan fingerprint density at radius 1 is 0.765 bits per heavy atom. The van der Waals surface area contributed by atoms with Crippen LogP contribution in [0.1, 0.15) is 36.1 Å². The van der Waals surface area contributed by atoms with Crippen LogP contribution in [0, 0.1) is 5.41 Å². The SMILES string of the molecule is CCOC(=O)C1(C(=O)OCC)C=C(C=C(c2ccccc2)c2ccccc2)c2ccccc2C1. The van der Waals surface area contributed by atoms with Gasteiger partial charge in [-0.1, -0.05) is 84.9 Å². The lowest BCUT2D eigenvalue weighted by molar-refractivity contribution is -0.168. The quantitative estimate of drug-likeness (QED) is 0.332. The molecule has 34 heavy (non-hydrogen) atoms. The van der Waals surface area contributed by atoms with Crippen LogP contribution in [-0.2, 0) is 25.5 Å². The molecule has 4 rings (SSSR count). The Labute approximate surface area is 200 Å². The van der Waals surface area contributed by atoms with Gasteiger partial charge in [-0.25, -0.2) is 0 Å². The van der Waals surface area contributed by atoms with Gasteiger partial charge in [0, 0.05) is 6.42 Å². The Kier molecular flexibility index (Phi) is 7.07. The number of rotatable bonds is 7. The van der Waals surface area contributed by atoms with Gasteiger partial charge < -0.3 is 9.47 Å². The highest BCUT2D eigenvalue weighted by atomic mass is 16.6. The lowest BCUT2D eigenvalue weighted by atomic mass is 9.72. The molecule has 0 amide bonds. The maximum absolute atomic E-state index is 13.2. The van der Waals surface area contributed by atoms with E-state index in [0.717, 1.165) is 33.4 Å². The number of benzene rings is 3. The van der Waals surface area contributed by atoms with Gasteiger partial charge >= 0.3 is 11.9 Å². The smallest absolute Gasteiger partial charge is 0.327 e. The molecule has 0 unspecified atom stereocenters. The second-order valence-electron chi connectivity index (χ2n) is 8.14. The summed E-state index contributed by atoms with van der Waals surface area (Å²) in [6, 6.07) is 28.0. The Hall–Kier alpha value is -3.92. The van der Waals surface area contributed by atoms with Crippen molar-refractivity contribution in [1.29, 1.82) is 0 Å². The maximum Gasteiger partial charge on any atom is 0.327 e. The first-order valence-electron chi connectivity index (χ1n) is 11.6. The molecule has 0 radical (unpaired) electrons. The minimum atomic E-state index is -1.54. The fourth-order valence-electron chi connectivity index (χ4n) is 4.36. The summed E-state index contributed by atoms with van der Waals surface area (Å²) in [5, 5.41) is 0. The molecule has 0 saturated heterocycles. The minimum absolute atomic E-state index is 0.180. The summed E-state index contributed by atoms with van der Waals surface area (Å²) in [4.78, 5) is 26.5. The normalized spacial score (nSPS) is 13.8. The molecule has 0 bridgehead atoms. The van der Waals surface area contributed by atoms with E-state index < -0.39 is 17.4 Å². The third-order valence-electron chi connectivity index (χ3n) is 5.95. The lowest BCUT2D eigenvalue weighted by Crippen LogP contribution is -2.44. The van der Waals surface area contributed by atoms with Crippen LogP contribution in [0.5, 0.6) is 0 Å². The van der Waals surface area contributed by atoms with Crippen LogP contribution < -0.4 is 0 Å². The van der Waals surface area contributed by atoms with Crippen LogP contribution in [0.25, 0.3) is 11.1 Å². The van der Waals surface area contributed by atoms with Crippen LogP contribution >= 0.6 is 0 Å². The molecule has 4 heteroatoms. The van der Waals surface area contributed by atoms with Crippen LogP contribution in [0.15, 0.2) is 97.1 Å². The molecule has 4 nitrogen and oxygen atoms in total. The Morgan fingerprint density at radius 2 is 1.26 bits per heavy atom. The molecule has 0 atom stereocenters. The summed E-state index contributed by atoms with van der Waals surface area (Å²) in [5.74, 6) is -1.18. The number of hydrogen-bond donors (Lipinski definition) is 0. The van der Waals surface area contributed by atoms with E-state index in [1.54, 1.807) is 19.9 Å². The standard InChI is InChI=1S/C30H28O4/c1-3-33-28(31)30(29(32)34-4-2)20-24-17-11-12-18-26(24)25(21-30)19-27(22-13-7-5-8-14-22)23-15-9-6-10-16-23/h5-19,21H,3-4,20H2,1-2H3. The molecule has 0 fully saturated rings. The number of ether oxygens (including phenoxy) is 2. The van der Waals surface area contributed by atoms with Crippen molar-refractivity contribution in [1.82, 2.24) is 0 Å². The summed E-state index contributed by atoms with van der Waals surface area (Å²) in [6.07, 6.45) is 3.98.